The first-order chi connectivity index (χ1) is 14.0. The van der Waals surface area contributed by atoms with E-state index >= 15 is 0 Å². The van der Waals surface area contributed by atoms with Crippen molar-refractivity contribution >= 4 is 23.6 Å². The number of nitrogens with one attached hydrogen (secondary N) is 1. The standard InChI is InChI=1S/C23H30N2O3S/c1-5-21(23(27)24-3)25(14-18-10-12-20(28-4)13-11-18)22(26)16-29-15-19-8-6-17(2)7-9-19/h6-13,21H,5,14-16H2,1-4H3,(H,24,27)/t21-/m0/s1. The summed E-state index contributed by atoms with van der Waals surface area (Å²) in [6.07, 6.45) is 0.560. The molecule has 0 heterocycles. The number of likely N-dealkylation sites (N-methyl/N-ethyl adjacent to an activating group) is 1. The van der Waals surface area contributed by atoms with Crippen molar-refractivity contribution in [1.82, 2.24) is 10.2 Å². The van der Waals surface area contributed by atoms with E-state index in [1.807, 2.05) is 31.2 Å². The molecule has 2 amide bonds. The molecule has 2 aromatic rings. The number of aryl methyl sites for hydroxylation is 1. The average molecular weight is 415 g/mol. The lowest BCUT2D eigenvalue weighted by atomic mass is 10.1. The lowest BCUT2D eigenvalue weighted by Crippen LogP contribution is -2.48. The average Bonchev–Trinajstić information content (AvgIpc) is 2.75. The van der Waals surface area contributed by atoms with Gasteiger partial charge in [-0.05, 0) is 36.6 Å². The summed E-state index contributed by atoms with van der Waals surface area (Å²) in [4.78, 5) is 27.1. The van der Waals surface area contributed by atoms with E-state index in [1.54, 1.807) is 30.8 Å². The molecular formula is C23H30N2O3S. The van der Waals surface area contributed by atoms with Gasteiger partial charge in [0.25, 0.3) is 0 Å². The number of carbonyl (C=O) groups excluding carboxylic acids is 2. The van der Waals surface area contributed by atoms with Crippen molar-refractivity contribution in [3.63, 3.8) is 0 Å². The maximum absolute atomic E-state index is 13.0. The molecule has 0 aliphatic rings. The first kappa shape index (κ1) is 22.8. The van der Waals surface area contributed by atoms with Gasteiger partial charge in [-0.2, -0.15) is 0 Å². The van der Waals surface area contributed by atoms with Gasteiger partial charge in [0, 0.05) is 19.3 Å². The number of rotatable bonds is 10. The summed E-state index contributed by atoms with van der Waals surface area (Å²) in [5.74, 6) is 1.68. The maximum Gasteiger partial charge on any atom is 0.242 e. The van der Waals surface area contributed by atoms with Crippen LogP contribution < -0.4 is 10.1 Å². The summed E-state index contributed by atoms with van der Waals surface area (Å²) in [6.45, 7) is 4.37. The molecule has 0 aromatic heterocycles. The van der Waals surface area contributed by atoms with Crippen molar-refractivity contribution in [2.45, 2.75) is 38.6 Å². The van der Waals surface area contributed by atoms with Crippen LogP contribution in [0.1, 0.15) is 30.0 Å². The monoisotopic (exact) mass is 414 g/mol. The van der Waals surface area contributed by atoms with Gasteiger partial charge in [-0.3, -0.25) is 9.59 Å². The number of hydrogen-bond acceptors (Lipinski definition) is 4. The second-order valence-electron chi connectivity index (χ2n) is 6.89. The summed E-state index contributed by atoms with van der Waals surface area (Å²) < 4.78 is 5.20. The van der Waals surface area contributed by atoms with Crippen LogP contribution in [0.3, 0.4) is 0 Å². The Morgan fingerprint density at radius 3 is 2.24 bits per heavy atom. The van der Waals surface area contributed by atoms with E-state index in [1.165, 1.54) is 11.1 Å². The third-order valence-corrected chi connectivity index (χ3v) is 5.75. The molecule has 0 saturated heterocycles. The number of ether oxygens (including phenoxy) is 1. The molecule has 2 aromatic carbocycles. The molecule has 1 atom stereocenters. The van der Waals surface area contributed by atoms with Crippen LogP contribution >= 0.6 is 11.8 Å². The molecule has 0 aliphatic carbocycles. The smallest absolute Gasteiger partial charge is 0.242 e. The van der Waals surface area contributed by atoms with E-state index in [0.717, 1.165) is 17.1 Å². The molecule has 6 heteroatoms. The highest BCUT2D eigenvalue weighted by Crippen LogP contribution is 2.19. The fourth-order valence-corrected chi connectivity index (χ4v) is 3.91. The minimum Gasteiger partial charge on any atom is -0.497 e. The Morgan fingerprint density at radius 1 is 1.07 bits per heavy atom. The van der Waals surface area contributed by atoms with Gasteiger partial charge in [0.05, 0.1) is 12.9 Å². The van der Waals surface area contributed by atoms with E-state index in [0.29, 0.717) is 18.7 Å². The Kier molecular flexibility index (Phi) is 9.06. The zero-order valence-electron chi connectivity index (χ0n) is 17.6. The fraction of sp³-hybridized carbons (Fsp3) is 0.391. The van der Waals surface area contributed by atoms with E-state index in [4.69, 9.17) is 4.74 Å². The summed E-state index contributed by atoms with van der Waals surface area (Å²) in [7, 11) is 3.22. The minimum atomic E-state index is -0.491. The summed E-state index contributed by atoms with van der Waals surface area (Å²) in [5, 5.41) is 2.68. The van der Waals surface area contributed by atoms with Crippen LogP contribution in [0.2, 0.25) is 0 Å². The predicted molar refractivity (Wildman–Crippen MR) is 119 cm³/mol. The Morgan fingerprint density at radius 2 is 1.69 bits per heavy atom. The Labute approximate surface area is 177 Å². The molecule has 0 spiro atoms. The van der Waals surface area contributed by atoms with Gasteiger partial charge in [-0.15, -0.1) is 11.8 Å². The van der Waals surface area contributed by atoms with Crippen LogP contribution in [-0.4, -0.2) is 42.7 Å². The lowest BCUT2D eigenvalue weighted by Gasteiger charge is -2.30. The van der Waals surface area contributed by atoms with E-state index in [2.05, 4.69) is 36.5 Å². The number of carbonyl (C=O) groups is 2. The van der Waals surface area contributed by atoms with E-state index in [-0.39, 0.29) is 11.8 Å². The zero-order valence-corrected chi connectivity index (χ0v) is 18.4. The molecule has 1 N–H and O–H groups in total. The number of nitrogens with zero attached hydrogens (tertiary/aromatic N) is 1. The van der Waals surface area contributed by atoms with Gasteiger partial charge < -0.3 is 15.0 Å². The van der Waals surface area contributed by atoms with Crippen LogP contribution in [0.15, 0.2) is 48.5 Å². The van der Waals surface area contributed by atoms with Gasteiger partial charge in [0.1, 0.15) is 11.8 Å². The van der Waals surface area contributed by atoms with Crippen molar-refractivity contribution in [1.29, 1.82) is 0 Å². The Hall–Kier alpha value is -2.47. The first-order valence-corrected chi connectivity index (χ1v) is 10.9. The van der Waals surface area contributed by atoms with Crippen molar-refractivity contribution in [3.05, 3.63) is 65.2 Å². The molecule has 0 radical (unpaired) electrons. The number of benzene rings is 2. The van der Waals surface area contributed by atoms with Crippen LogP contribution in [-0.2, 0) is 21.9 Å². The SMILES string of the molecule is CC[C@@H](C(=O)NC)N(Cc1ccc(OC)cc1)C(=O)CSCc1ccc(C)cc1. The van der Waals surface area contributed by atoms with Crippen LogP contribution in [0.25, 0.3) is 0 Å². The van der Waals surface area contributed by atoms with Gasteiger partial charge in [0.2, 0.25) is 11.8 Å². The second-order valence-corrected chi connectivity index (χ2v) is 7.87. The maximum atomic E-state index is 13.0. The number of amides is 2. The summed E-state index contributed by atoms with van der Waals surface area (Å²) in [6, 6.07) is 15.4. The molecule has 2 rings (SSSR count). The lowest BCUT2D eigenvalue weighted by molar-refractivity contribution is -0.139. The topological polar surface area (TPSA) is 58.6 Å². The summed E-state index contributed by atoms with van der Waals surface area (Å²) >= 11 is 1.57. The highest BCUT2D eigenvalue weighted by molar-refractivity contribution is 7.99. The quantitative estimate of drug-likeness (QED) is 0.643. The molecular weight excluding hydrogens is 384 g/mol. The summed E-state index contributed by atoms with van der Waals surface area (Å²) in [5.41, 5.74) is 3.37. The molecule has 0 bridgehead atoms. The normalized spacial score (nSPS) is 11.6. The van der Waals surface area contributed by atoms with Crippen molar-refractivity contribution in [2.24, 2.45) is 0 Å². The number of thioether (sulfide) groups is 1. The third-order valence-electron chi connectivity index (χ3n) is 4.76. The number of methoxy groups -OCH3 is 1. The molecule has 156 valence electrons. The first-order valence-electron chi connectivity index (χ1n) is 9.75. The Balaban J connectivity index is 2.08. The minimum absolute atomic E-state index is 0.0339. The van der Waals surface area contributed by atoms with Crippen LogP contribution in [0.4, 0.5) is 0 Å². The van der Waals surface area contributed by atoms with Crippen molar-refractivity contribution < 1.29 is 14.3 Å². The molecule has 0 unspecified atom stereocenters. The highest BCUT2D eigenvalue weighted by atomic mass is 32.2. The molecule has 29 heavy (non-hydrogen) atoms. The highest BCUT2D eigenvalue weighted by Gasteiger charge is 2.27. The number of hydrogen-bond donors (Lipinski definition) is 1. The van der Waals surface area contributed by atoms with Crippen LogP contribution in [0.5, 0.6) is 5.75 Å². The fourth-order valence-electron chi connectivity index (χ4n) is 3.04. The molecule has 0 aliphatic heterocycles. The third kappa shape index (κ3) is 6.82. The molecule has 0 saturated carbocycles. The van der Waals surface area contributed by atoms with Crippen LogP contribution in [0, 0.1) is 6.92 Å². The zero-order chi connectivity index (χ0) is 21.2. The van der Waals surface area contributed by atoms with E-state index in [9.17, 15) is 9.59 Å². The van der Waals surface area contributed by atoms with E-state index < -0.39 is 6.04 Å². The Bertz CT molecular complexity index is 791. The molecule has 5 nitrogen and oxygen atoms in total. The van der Waals surface area contributed by atoms with Crippen molar-refractivity contribution in [3.8, 4) is 5.75 Å². The van der Waals surface area contributed by atoms with Gasteiger partial charge in [0.15, 0.2) is 0 Å². The van der Waals surface area contributed by atoms with Gasteiger partial charge in [-0.1, -0.05) is 48.9 Å². The van der Waals surface area contributed by atoms with Crippen molar-refractivity contribution in [2.75, 3.05) is 19.9 Å². The predicted octanol–water partition coefficient (Wildman–Crippen LogP) is 3.79. The second kappa shape index (κ2) is 11.5. The van der Waals surface area contributed by atoms with Gasteiger partial charge >= 0.3 is 0 Å². The largest absolute Gasteiger partial charge is 0.497 e. The molecule has 0 fully saturated rings. The van der Waals surface area contributed by atoms with Gasteiger partial charge in [-0.25, -0.2) is 0 Å².